The fourth-order valence-corrected chi connectivity index (χ4v) is 1.64. The lowest BCUT2D eigenvalue weighted by atomic mass is 10.2. The molecule has 0 aliphatic carbocycles. The first-order valence-corrected chi connectivity index (χ1v) is 6.32. The van der Waals surface area contributed by atoms with Crippen molar-refractivity contribution in [3.63, 3.8) is 0 Å². The first kappa shape index (κ1) is 13.8. The molecular weight excluding hydrogens is 236 g/mol. The molecule has 0 unspecified atom stereocenters. The maximum absolute atomic E-state index is 11.6. The zero-order valence-electron chi connectivity index (χ0n) is 10.3. The van der Waals surface area contributed by atoms with Crippen molar-refractivity contribution < 1.29 is 4.79 Å². The first-order valence-electron chi connectivity index (χ1n) is 5.94. The van der Waals surface area contributed by atoms with Crippen LogP contribution in [0.15, 0.2) is 24.3 Å². The lowest BCUT2D eigenvalue weighted by Crippen LogP contribution is -2.41. The molecule has 1 aromatic rings. The van der Waals surface area contributed by atoms with E-state index in [-0.39, 0.29) is 12.1 Å². The van der Waals surface area contributed by atoms with Gasteiger partial charge in [0, 0.05) is 17.6 Å². The fraction of sp³-hybridized carbons (Fsp3) is 0.462. The van der Waals surface area contributed by atoms with Gasteiger partial charge in [0.25, 0.3) is 0 Å². The van der Waals surface area contributed by atoms with Gasteiger partial charge in [0.05, 0.1) is 0 Å². The molecule has 0 saturated carbocycles. The topological polar surface area (TPSA) is 41.1 Å². The Kier molecular flexibility index (Phi) is 5.84. The lowest BCUT2D eigenvalue weighted by Gasteiger charge is -2.15. The summed E-state index contributed by atoms with van der Waals surface area (Å²) in [5.74, 6) is 0. The van der Waals surface area contributed by atoms with E-state index >= 15 is 0 Å². The van der Waals surface area contributed by atoms with Crippen molar-refractivity contribution in [1.82, 2.24) is 10.6 Å². The van der Waals surface area contributed by atoms with E-state index < -0.39 is 0 Å². The van der Waals surface area contributed by atoms with E-state index in [4.69, 9.17) is 11.6 Å². The van der Waals surface area contributed by atoms with Gasteiger partial charge in [-0.15, -0.1) is 0 Å². The number of carbonyl (C=O) groups is 1. The van der Waals surface area contributed by atoms with Crippen LogP contribution in [-0.2, 0) is 6.54 Å². The van der Waals surface area contributed by atoms with Gasteiger partial charge >= 0.3 is 6.03 Å². The zero-order valence-corrected chi connectivity index (χ0v) is 11.1. The molecule has 0 aliphatic heterocycles. The molecule has 0 bridgehead atoms. The Morgan fingerprint density at radius 1 is 1.24 bits per heavy atom. The van der Waals surface area contributed by atoms with Crippen LogP contribution >= 0.6 is 11.6 Å². The summed E-state index contributed by atoms with van der Waals surface area (Å²) in [7, 11) is 0. The molecule has 0 aliphatic rings. The van der Waals surface area contributed by atoms with Crippen molar-refractivity contribution in [2.24, 2.45) is 0 Å². The van der Waals surface area contributed by atoms with Gasteiger partial charge in [-0.3, -0.25) is 0 Å². The average molecular weight is 255 g/mol. The summed E-state index contributed by atoms with van der Waals surface area (Å²) in [6.07, 6.45) is 1.90. The second-order valence-corrected chi connectivity index (χ2v) is 4.40. The summed E-state index contributed by atoms with van der Waals surface area (Å²) in [6.45, 7) is 4.64. The van der Waals surface area contributed by atoms with Crippen molar-refractivity contribution in [2.75, 3.05) is 0 Å². The van der Waals surface area contributed by atoms with Gasteiger partial charge in [0.2, 0.25) is 0 Å². The Balaban J connectivity index is 2.35. The van der Waals surface area contributed by atoms with Crippen LogP contribution < -0.4 is 10.6 Å². The molecule has 2 N–H and O–H groups in total. The van der Waals surface area contributed by atoms with E-state index in [1.54, 1.807) is 0 Å². The maximum Gasteiger partial charge on any atom is 0.315 e. The lowest BCUT2D eigenvalue weighted by molar-refractivity contribution is 0.235. The van der Waals surface area contributed by atoms with Crippen molar-refractivity contribution in [3.8, 4) is 0 Å². The molecule has 0 radical (unpaired) electrons. The predicted octanol–water partition coefficient (Wildman–Crippen LogP) is 3.33. The summed E-state index contributed by atoms with van der Waals surface area (Å²) in [5.41, 5.74) is 1.04. The van der Waals surface area contributed by atoms with Gasteiger partial charge < -0.3 is 10.6 Å². The van der Waals surface area contributed by atoms with E-state index in [0.29, 0.717) is 11.6 Å². The molecule has 0 aromatic heterocycles. The second kappa shape index (κ2) is 7.17. The van der Waals surface area contributed by atoms with Crippen LogP contribution in [0.4, 0.5) is 4.79 Å². The minimum atomic E-state index is -0.117. The zero-order chi connectivity index (χ0) is 12.7. The van der Waals surface area contributed by atoms with E-state index in [1.807, 2.05) is 24.3 Å². The Bertz CT molecular complexity index is 347. The molecule has 1 aromatic carbocycles. The smallest absolute Gasteiger partial charge is 0.315 e. The molecule has 4 heteroatoms. The number of urea groups is 1. The van der Waals surface area contributed by atoms with Crippen LogP contribution in [0.25, 0.3) is 0 Å². The Morgan fingerprint density at radius 2 is 1.82 bits per heavy atom. The summed E-state index contributed by atoms with van der Waals surface area (Å²) < 4.78 is 0. The van der Waals surface area contributed by atoms with E-state index in [2.05, 4.69) is 24.5 Å². The molecule has 2 amide bonds. The highest BCUT2D eigenvalue weighted by Crippen LogP contribution is 2.09. The maximum atomic E-state index is 11.6. The molecule has 0 spiro atoms. The Hall–Kier alpha value is -1.22. The second-order valence-electron chi connectivity index (χ2n) is 3.97. The van der Waals surface area contributed by atoms with E-state index in [9.17, 15) is 4.79 Å². The van der Waals surface area contributed by atoms with Gasteiger partial charge in [-0.1, -0.05) is 37.6 Å². The largest absolute Gasteiger partial charge is 0.335 e. The number of carbonyl (C=O) groups excluding carboxylic acids is 1. The first-order chi connectivity index (χ1) is 8.15. The molecule has 17 heavy (non-hydrogen) atoms. The minimum absolute atomic E-state index is 0.117. The summed E-state index contributed by atoms with van der Waals surface area (Å²) in [4.78, 5) is 11.6. The van der Waals surface area contributed by atoms with Crippen LogP contribution in [0.2, 0.25) is 5.02 Å². The number of hydrogen-bond acceptors (Lipinski definition) is 1. The normalized spacial score (nSPS) is 10.4. The van der Waals surface area contributed by atoms with Gasteiger partial charge in [-0.25, -0.2) is 4.79 Å². The highest BCUT2D eigenvalue weighted by molar-refractivity contribution is 6.30. The van der Waals surface area contributed by atoms with Crippen LogP contribution in [-0.4, -0.2) is 12.1 Å². The third-order valence-electron chi connectivity index (χ3n) is 2.69. The third kappa shape index (κ3) is 5.09. The van der Waals surface area contributed by atoms with Gasteiger partial charge in [0.1, 0.15) is 0 Å². The summed E-state index contributed by atoms with van der Waals surface area (Å²) in [6, 6.07) is 7.57. The fourth-order valence-electron chi connectivity index (χ4n) is 1.51. The molecule has 94 valence electrons. The van der Waals surface area contributed by atoms with Crippen LogP contribution in [0, 0.1) is 0 Å². The van der Waals surface area contributed by atoms with Crippen molar-refractivity contribution in [3.05, 3.63) is 34.9 Å². The van der Waals surface area contributed by atoms with Gasteiger partial charge in [-0.2, -0.15) is 0 Å². The number of rotatable bonds is 5. The average Bonchev–Trinajstić information content (AvgIpc) is 2.35. The van der Waals surface area contributed by atoms with Crippen LogP contribution in [0.5, 0.6) is 0 Å². The molecule has 1 rings (SSSR count). The number of amides is 2. The van der Waals surface area contributed by atoms with Gasteiger partial charge in [0.15, 0.2) is 0 Å². The highest BCUT2D eigenvalue weighted by Gasteiger charge is 2.07. The van der Waals surface area contributed by atoms with Crippen molar-refractivity contribution >= 4 is 17.6 Å². The Labute approximate surface area is 108 Å². The molecular formula is C13H19ClN2O. The predicted molar refractivity (Wildman–Crippen MR) is 71.2 cm³/mol. The third-order valence-corrected chi connectivity index (χ3v) is 2.94. The van der Waals surface area contributed by atoms with E-state index in [0.717, 1.165) is 18.4 Å². The number of nitrogens with one attached hydrogen (secondary N) is 2. The molecule has 0 heterocycles. The molecule has 3 nitrogen and oxygen atoms in total. The van der Waals surface area contributed by atoms with Gasteiger partial charge in [-0.05, 0) is 30.5 Å². The minimum Gasteiger partial charge on any atom is -0.335 e. The van der Waals surface area contributed by atoms with Crippen molar-refractivity contribution in [1.29, 1.82) is 0 Å². The standard InChI is InChI=1S/C13H19ClN2O/c1-3-12(4-2)16-13(17)15-9-10-5-7-11(14)8-6-10/h5-8,12H,3-4,9H2,1-2H3,(H2,15,16,17). The van der Waals surface area contributed by atoms with Crippen LogP contribution in [0.3, 0.4) is 0 Å². The highest BCUT2D eigenvalue weighted by atomic mass is 35.5. The van der Waals surface area contributed by atoms with Crippen molar-refractivity contribution in [2.45, 2.75) is 39.3 Å². The molecule has 0 fully saturated rings. The number of benzene rings is 1. The number of hydrogen-bond donors (Lipinski definition) is 2. The molecule has 0 atom stereocenters. The summed E-state index contributed by atoms with van der Waals surface area (Å²) in [5, 5.41) is 6.45. The van der Waals surface area contributed by atoms with Crippen LogP contribution in [0.1, 0.15) is 32.3 Å². The quantitative estimate of drug-likeness (QED) is 0.832. The Morgan fingerprint density at radius 3 is 2.35 bits per heavy atom. The monoisotopic (exact) mass is 254 g/mol. The van der Waals surface area contributed by atoms with E-state index in [1.165, 1.54) is 0 Å². The molecule has 0 saturated heterocycles. The number of halogens is 1. The summed E-state index contributed by atoms with van der Waals surface area (Å²) >= 11 is 5.78. The SMILES string of the molecule is CCC(CC)NC(=O)NCc1ccc(Cl)cc1.